The zero-order chi connectivity index (χ0) is 13.8. The summed E-state index contributed by atoms with van der Waals surface area (Å²) in [6.07, 6.45) is 2.58. The third-order valence-electron chi connectivity index (χ3n) is 4.33. The van der Waals surface area contributed by atoms with E-state index in [9.17, 15) is 0 Å². The van der Waals surface area contributed by atoms with Gasteiger partial charge < -0.3 is 15.0 Å². The van der Waals surface area contributed by atoms with Crippen LogP contribution in [-0.4, -0.2) is 27.2 Å². The SMILES string of the molecule is CCC1CCN(c2cccc(OC)c2C(C)NC)C1. The summed E-state index contributed by atoms with van der Waals surface area (Å²) in [6.45, 7) is 6.81. The van der Waals surface area contributed by atoms with E-state index < -0.39 is 0 Å². The lowest BCUT2D eigenvalue weighted by Crippen LogP contribution is -2.24. The molecule has 3 heteroatoms. The maximum atomic E-state index is 5.56. The molecule has 0 aliphatic carbocycles. The predicted octanol–water partition coefficient (Wildman–Crippen LogP) is 3.21. The van der Waals surface area contributed by atoms with E-state index in [0.29, 0.717) is 6.04 Å². The predicted molar refractivity (Wildman–Crippen MR) is 81.1 cm³/mol. The number of hydrogen-bond acceptors (Lipinski definition) is 3. The Balaban J connectivity index is 2.34. The van der Waals surface area contributed by atoms with Gasteiger partial charge in [-0.3, -0.25) is 0 Å². The normalized spacial score (nSPS) is 20.6. The van der Waals surface area contributed by atoms with Gasteiger partial charge in [-0.1, -0.05) is 19.4 Å². The van der Waals surface area contributed by atoms with Gasteiger partial charge in [-0.15, -0.1) is 0 Å². The lowest BCUT2D eigenvalue weighted by molar-refractivity contribution is 0.404. The van der Waals surface area contributed by atoms with E-state index in [1.165, 1.54) is 30.6 Å². The monoisotopic (exact) mass is 262 g/mol. The van der Waals surface area contributed by atoms with Crippen LogP contribution in [0.15, 0.2) is 18.2 Å². The molecule has 1 N–H and O–H groups in total. The van der Waals surface area contributed by atoms with Gasteiger partial charge in [0.1, 0.15) is 5.75 Å². The molecule has 0 amide bonds. The highest BCUT2D eigenvalue weighted by atomic mass is 16.5. The standard InChI is InChI=1S/C16H26N2O/c1-5-13-9-10-18(11-13)14-7-6-8-15(19-4)16(14)12(2)17-3/h6-8,12-13,17H,5,9-11H2,1-4H3. The largest absolute Gasteiger partial charge is 0.496 e. The Morgan fingerprint density at radius 1 is 1.47 bits per heavy atom. The Hall–Kier alpha value is -1.22. The van der Waals surface area contributed by atoms with E-state index in [1.54, 1.807) is 7.11 Å². The van der Waals surface area contributed by atoms with Crippen LogP contribution < -0.4 is 15.0 Å². The molecule has 1 aromatic rings. The van der Waals surface area contributed by atoms with Gasteiger partial charge in [-0.2, -0.15) is 0 Å². The molecule has 0 radical (unpaired) electrons. The van der Waals surface area contributed by atoms with Crippen molar-refractivity contribution in [2.75, 3.05) is 32.1 Å². The number of benzene rings is 1. The molecule has 19 heavy (non-hydrogen) atoms. The third kappa shape index (κ3) is 2.86. The molecule has 0 saturated carbocycles. The molecule has 1 aliphatic rings. The molecule has 1 aromatic carbocycles. The van der Waals surface area contributed by atoms with Crippen LogP contribution in [0.3, 0.4) is 0 Å². The molecule has 2 atom stereocenters. The third-order valence-corrected chi connectivity index (χ3v) is 4.33. The van der Waals surface area contributed by atoms with Gasteiger partial charge in [0.25, 0.3) is 0 Å². The second-order valence-corrected chi connectivity index (χ2v) is 5.41. The molecule has 0 aromatic heterocycles. The summed E-state index contributed by atoms with van der Waals surface area (Å²) in [5.41, 5.74) is 2.61. The Labute approximate surface area is 116 Å². The number of hydrogen-bond donors (Lipinski definition) is 1. The van der Waals surface area contributed by atoms with E-state index in [4.69, 9.17) is 4.74 Å². The van der Waals surface area contributed by atoms with Crippen molar-refractivity contribution in [3.05, 3.63) is 23.8 Å². The second kappa shape index (κ2) is 6.29. The fourth-order valence-electron chi connectivity index (χ4n) is 2.95. The summed E-state index contributed by atoms with van der Waals surface area (Å²) >= 11 is 0. The number of rotatable bonds is 5. The van der Waals surface area contributed by atoms with Crippen molar-refractivity contribution in [3.8, 4) is 5.75 Å². The number of nitrogens with one attached hydrogen (secondary N) is 1. The molecule has 2 unspecified atom stereocenters. The summed E-state index contributed by atoms with van der Waals surface area (Å²) in [7, 11) is 3.75. The highest BCUT2D eigenvalue weighted by molar-refractivity contribution is 5.61. The van der Waals surface area contributed by atoms with Crippen molar-refractivity contribution in [1.82, 2.24) is 5.32 Å². The first-order valence-electron chi connectivity index (χ1n) is 7.30. The Kier molecular flexibility index (Phi) is 4.70. The van der Waals surface area contributed by atoms with Gasteiger partial charge in [0.2, 0.25) is 0 Å². The summed E-state index contributed by atoms with van der Waals surface area (Å²) in [5, 5.41) is 3.34. The van der Waals surface area contributed by atoms with Crippen molar-refractivity contribution in [1.29, 1.82) is 0 Å². The second-order valence-electron chi connectivity index (χ2n) is 5.41. The van der Waals surface area contributed by atoms with Crippen LogP contribution in [-0.2, 0) is 0 Å². The van der Waals surface area contributed by atoms with Crippen molar-refractivity contribution >= 4 is 5.69 Å². The van der Waals surface area contributed by atoms with Gasteiger partial charge in [-0.25, -0.2) is 0 Å². The van der Waals surface area contributed by atoms with Crippen LogP contribution in [0.1, 0.15) is 38.3 Å². The first-order chi connectivity index (χ1) is 9.21. The maximum Gasteiger partial charge on any atom is 0.125 e. The van der Waals surface area contributed by atoms with Crippen LogP contribution in [0.4, 0.5) is 5.69 Å². The first kappa shape index (κ1) is 14.2. The summed E-state index contributed by atoms with van der Waals surface area (Å²) in [6, 6.07) is 6.68. The first-order valence-corrected chi connectivity index (χ1v) is 7.30. The van der Waals surface area contributed by atoms with Crippen LogP contribution in [0.2, 0.25) is 0 Å². The average Bonchev–Trinajstić information content (AvgIpc) is 2.94. The van der Waals surface area contributed by atoms with Crippen LogP contribution in [0.5, 0.6) is 5.75 Å². The lowest BCUT2D eigenvalue weighted by Gasteiger charge is -2.26. The summed E-state index contributed by atoms with van der Waals surface area (Å²) in [4.78, 5) is 2.51. The smallest absolute Gasteiger partial charge is 0.125 e. The summed E-state index contributed by atoms with van der Waals surface area (Å²) in [5.74, 6) is 1.82. The molecule has 0 spiro atoms. The van der Waals surface area contributed by atoms with Crippen molar-refractivity contribution in [2.24, 2.45) is 5.92 Å². The minimum atomic E-state index is 0.298. The van der Waals surface area contributed by atoms with Gasteiger partial charge in [0.15, 0.2) is 0 Å². The van der Waals surface area contributed by atoms with E-state index in [2.05, 4.69) is 42.3 Å². The molecule has 0 bridgehead atoms. The lowest BCUT2D eigenvalue weighted by atomic mass is 10.0. The van der Waals surface area contributed by atoms with E-state index in [1.807, 2.05) is 7.05 Å². The van der Waals surface area contributed by atoms with Crippen molar-refractivity contribution in [3.63, 3.8) is 0 Å². The fourth-order valence-corrected chi connectivity index (χ4v) is 2.95. The van der Waals surface area contributed by atoms with Crippen LogP contribution >= 0.6 is 0 Å². The van der Waals surface area contributed by atoms with Crippen molar-refractivity contribution < 1.29 is 4.74 Å². The molecule has 1 heterocycles. The molecule has 1 saturated heterocycles. The van der Waals surface area contributed by atoms with Gasteiger partial charge in [0.05, 0.1) is 7.11 Å². The number of anilines is 1. The molecule has 1 aliphatic heterocycles. The minimum Gasteiger partial charge on any atom is -0.496 e. The van der Waals surface area contributed by atoms with Crippen LogP contribution in [0, 0.1) is 5.92 Å². The Morgan fingerprint density at radius 2 is 2.26 bits per heavy atom. The zero-order valence-corrected chi connectivity index (χ0v) is 12.6. The minimum absolute atomic E-state index is 0.298. The van der Waals surface area contributed by atoms with E-state index >= 15 is 0 Å². The molecule has 3 nitrogen and oxygen atoms in total. The molecular weight excluding hydrogens is 236 g/mol. The molecule has 1 fully saturated rings. The number of ether oxygens (including phenoxy) is 1. The van der Waals surface area contributed by atoms with E-state index in [-0.39, 0.29) is 0 Å². The number of nitrogens with zero attached hydrogens (tertiary/aromatic N) is 1. The topological polar surface area (TPSA) is 24.5 Å². The Bertz CT molecular complexity index is 419. The summed E-state index contributed by atoms with van der Waals surface area (Å²) < 4.78 is 5.56. The number of methoxy groups -OCH3 is 1. The average molecular weight is 262 g/mol. The van der Waals surface area contributed by atoms with Crippen molar-refractivity contribution in [2.45, 2.75) is 32.7 Å². The van der Waals surface area contributed by atoms with E-state index in [0.717, 1.165) is 18.2 Å². The molecular formula is C16H26N2O. The fraction of sp³-hybridized carbons (Fsp3) is 0.625. The van der Waals surface area contributed by atoms with Gasteiger partial charge in [0, 0.05) is 30.4 Å². The molecule has 2 rings (SSSR count). The Morgan fingerprint density at radius 3 is 2.84 bits per heavy atom. The zero-order valence-electron chi connectivity index (χ0n) is 12.6. The van der Waals surface area contributed by atoms with Crippen LogP contribution in [0.25, 0.3) is 0 Å². The maximum absolute atomic E-state index is 5.56. The highest BCUT2D eigenvalue weighted by Gasteiger charge is 2.25. The van der Waals surface area contributed by atoms with Gasteiger partial charge >= 0.3 is 0 Å². The highest BCUT2D eigenvalue weighted by Crippen LogP contribution is 2.37. The molecule has 106 valence electrons. The quantitative estimate of drug-likeness (QED) is 0.882. The van der Waals surface area contributed by atoms with Gasteiger partial charge in [-0.05, 0) is 38.4 Å².